The maximum atomic E-state index is 12.7. The number of unbranched alkanes of at least 4 members (excludes halogenated alkanes) is 9. The van der Waals surface area contributed by atoms with Crippen LogP contribution in [-0.4, -0.2) is 81.2 Å². The summed E-state index contributed by atoms with van der Waals surface area (Å²) in [4.78, 5) is 37.6. The summed E-state index contributed by atoms with van der Waals surface area (Å²) in [6.07, 6.45) is 26.3. The zero-order chi connectivity index (χ0) is 41.7. The number of phosphoric acid groups is 1. The highest BCUT2D eigenvalue weighted by Gasteiger charge is 2.22. The highest BCUT2D eigenvalue weighted by Crippen LogP contribution is 2.38. The fourth-order valence-electron chi connectivity index (χ4n) is 5.88. The summed E-state index contributed by atoms with van der Waals surface area (Å²) in [7, 11) is 1.07. The molecule has 1 heterocycles. The van der Waals surface area contributed by atoms with E-state index in [9.17, 15) is 24.2 Å². The van der Waals surface area contributed by atoms with Crippen LogP contribution in [-0.2, 0) is 45.5 Å². The Kier molecular flexibility index (Phi) is 28.1. The third-order valence-electron chi connectivity index (χ3n) is 9.45. The Balaban J connectivity index is 2.42. The molecule has 0 bridgehead atoms. The van der Waals surface area contributed by atoms with Gasteiger partial charge < -0.3 is 37.4 Å². The molecule has 1 aromatic heterocycles. The van der Waals surface area contributed by atoms with Gasteiger partial charge in [-0.3, -0.25) is 14.2 Å². The van der Waals surface area contributed by atoms with Crippen LogP contribution in [0.4, 0.5) is 0 Å². The van der Waals surface area contributed by atoms with Gasteiger partial charge in [0.2, 0.25) is 0 Å². The van der Waals surface area contributed by atoms with Gasteiger partial charge in [0.05, 0.1) is 33.9 Å². The third kappa shape index (κ3) is 27.2. The highest BCUT2D eigenvalue weighted by molar-refractivity contribution is 7.45. The number of aryl methyl sites for hydroxylation is 2. The largest absolute Gasteiger partial charge is 0.756 e. The first kappa shape index (κ1) is 51.5. The van der Waals surface area contributed by atoms with Gasteiger partial charge in [-0.2, -0.15) is 0 Å². The van der Waals surface area contributed by atoms with E-state index in [0.29, 0.717) is 30.3 Å². The predicted octanol–water partition coefficient (Wildman–Crippen LogP) is 9.35. The molecule has 1 rings (SSSR count). The average Bonchev–Trinajstić information content (AvgIpc) is 3.40. The van der Waals surface area contributed by atoms with Crippen molar-refractivity contribution in [2.45, 2.75) is 162 Å². The summed E-state index contributed by atoms with van der Waals surface area (Å²) in [5.74, 6) is 1.27. The Morgan fingerprint density at radius 1 is 0.786 bits per heavy atom. The average molecular weight is 810 g/mol. The normalized spacial score (nSPS) is 14.5. The number of hydrogen-bond donors (Lipinski definition) is 1. The lowest BCUT2D eigenvalue weighted by molar-refractivity contribution is -0.870. The number of esters is 2. The van der Waals surface area contributed by atoms with Crippen LogP contribution in [0.2, 0.25) is 0 Å². The molecule has 322 valence electrons. The van der Waals surface area contributed by atoms with Crippen LogP contribution < -0.4 is 4.89 Å². The smallest absolute Gasteiger partial charge is 0.306 e. The Labute approximate surface area is 339 Å². The van der Waals surface area contributed by atoms with Crippen LogP contribution in [0.1, 0.15) is 146 Å². The second-order valence-electron chi connectivity index (χ2n) is 15.8. The fourth-order valence-corrected chi connectivity index (χ4v) is 6.61. The molecule has 0 spiro atoms. The minimum absolute atomic E-state index is 0.0571. The summed E-state index contributed by atoms with van der Waals surface area (Å²) in [6, 6.07) is 0. The molecule has 0 radical (unpaired) electrons. The first-order valence-corrected chi connectivity index (χ1v) is 22.6. The molecule has 0 saturated carbocycles. The van der Waals surface area contributed by atoms with E-state index in [0.717, 1.165) is 101 Å². The van der Waals surface area contributed by atoms with Gasteiger partial charge in [-0.25, -0.2) is 0 Å². The zero-order valence-electron chi connectivity index (χ0n) is 35.9. The lowest BCUT2D eigenvalue weighted by atomic mass is 10.0. The molecule has 11 nitrogen and oxygen atoms in total. The number of carbonyl (C=O) groups excluding carboxylic acids is 2. The summed E-state index contributed by atoms with van der Waals surface area (Å²) in [5.41, 5.74) is 2.55. The standard InChI is InChI=1S/C44H76NO10P/c1-8-10-11-12-13-17-22-28-39(46)29-23-18-16-21-25-31-43(47)51-35-40(36-53-56(49,50)52-34-33-45(5,6)7)54-44(48)32-26-20-15-14-19-24-30-42-38(4)37(3)41(55-42)27-9-2/h10-11,13,17,22,28,39-40,46H,8-9,12,14-16,18-21,23-27,29-36H2,1-7H3/b11-10+,17-13+,28-22+/t39?,40-/m1/s1. The molecule has 3 atom stereocenters. The van der Waals surface area contributed by atoms with Crippen molar-refractivity contribution in [1.82, 2.24) is 0 Å². The van der Waals surface area contributed by atoms with E-state index in [4.69, 9.17) is 22.9 Å². The van der Waals surface area contributed by atoms with Crippen LogP contribution in [0, 0.1) is 13.8 Å². The first-order chi connectivity index (χ1) is 26.7. The van der Waals surface area contributed by atoms with Gasteiger partial charge >= 0.3 is 11.9 Å². The van der Waals surface area contributed by atoms with Crippen molar-refractivity contribution in [2.75, 3.05) is 47.5 Å². The maximum absolute atomic E-state index is 12.7. The van der Waals surface area contributed by atoms with Crippen molar-refractivity contribution in [3.05, 3.63) is 59.1 Å². The van der Waals surface area contributed by atoms with Crippen molar-refractivity contribution < 1.29 is 51.6 Å². The highest BCUT2D eigenvalue weighted by atomic mass is 31.2. The molecule has 1 N–H and O–H groups in total. The number of ether oxygens (including phenoxy) is 2. The van der Waals surface area contributed by atoms with Crippen molar-refractivity contribution in [3.8, 4) is 0 Å². The van der Waals surface area contributed by atoms with Crippen molar-refractivity contribution in [3.63, 3.8) is 0 Å². The number of aliphatic hydroxyl groups is 1. The minimum Gasteiger partial charge on any atom is -0.756 e. The maximum Gasteiger partial charge on any atom is 0.306 e. The van der Waals surface area contributed by atoms with Crippen molar-refractivity contribution >= 4 is 19.8 Å². The quantitative estimate of drug-likeness (QED) is 0.0179. The molecule has 0 saturated heterocycles. The van der Waals surface area contributed by atoms with E-state index in [-0.39, 0.29) is 26.1 Å². The Bertz CT molecular complexity index is 1350. The van der Waals surface area contributed by atoms with E-state index in [1.54, 1.807) is 6.08 Å². The van der Waals surface area contributed by atoms with Gasteiger partial charge in [-0.05, 0) is 69.9 Å². The molecule has 2 unspecified atom stereocenters. The van der Waals surface area contributed by atoms with Gasteiger partial charge in [0.15, 0.2) is 6.10 Å². The van der Waals surface area contributed by atoms with E-state index in [1.165, 1.54) is 11.1 Å². The van der Waals surface area contributed by atoms with Crippen LogP contribution >= 0.6 is 7.82 Å². The molecule has 56 heavy (non-hydrogen) atoms. The Morgan fingerprint density at radius 3 is 2.04 bits per heavy atom. The molecular weight excluding hydrogens is 733 g/mol. The Morgan fingerprint density at radius 2 is 1.39 bits per heavy atom. The zero-order valence-corrected chi connectivity index (χ0v) is 36.8. The topological polar surface area (TPSA) is 145 Å². The van der Waals surface area contributed by atoms with Crippen LogP contribution in [0.3, 0.4) is 0 Å². The second-order valence-corrected chi connectivity index (χ2v) is 17.2. The molecule has 0 aliphatic rings. The molecule has 1 aromatic rings. The second kappa shape index (κ2) is 30.5. The van der Waals surface area contributed by atoms with E-state index >= 15 is 0 Å². The number of furan rings is 1. The monoisotopic (exact) mass is 810 g/mol. The molecule has 0 aliphatic heterocycles. The summed E-state index contributed by atoms with van der Waals surface area (Å²) in [5, 5.41) is 10.1. The van der Waals surface area contributed by atoms with Gasteiger partial charge in [0, 0.05) is 25.7 Å². The summed E-state index contributed by atoms with van der Waals surface area (Å²) in [6.45, 7) is 8.11. The number of aliphatic hydroxyl groups excluding tert-OH is 1. The molecule has 0 aliphatic carbocycles. The lowest BCUT2D eigenvalue weighted by Gasteiger charge is -2.28. The van der Waals surface area contributed by atoms with Crippen molar-refractivity contribution in [1.29, 1.82) is 0 Å². The number of allylic oxidation sites excluding steroid dienone is 5. The lowest BCUT2D eigenvalue weighted by Crippen LogP contribution is -2.37. The van der Waals surface area contributed by atoms with E-state index < -0.39 is 38.6 Å². The summed E-state index contributed by atoms with van der Waals surface area (Å²) < 4.78 is 39.9. The number of hydrogen-bond acceptors (Lipinski definition) is 10. The number of nitrogens with zero attached hydrogens (tertiary/aromatic N) is 1. The number of phosphoric ester groups is 1. The van der Waals surface area contributed by atoms with Crippen LogP contribution in [0.5, 0.6) is 0 Å². The number of likely N-dealkylation sites (N-methyl/N-ethyl adjacent to an activating group) is 1. The molecule has 0 aromatic carbocycles. The molecule has 12 heteroatoms. The van der Waals surface area contributed by atoms with Crippen LogP contribution in [0.25, 0.3) is 0 Å². The molecule has 0 fully saturated rings. The molecular formula is C44H76NO10P. The number of rotatable bonds is 34. The fraction of sp³-hybridized carbons (Fsp3) is 0.727. The molecule has 0 amide bonds. The SMILES string of the molecule is CC/C=C/C/C=C/C=C/C(O)CCCCCCCC(=O)OC[C@H](COP(=O)([O-])OCC[N+](C)(C)C)OC(=O)CCCCCCCCc1oc(CCC)c(C)c1C. The number of carbonyl (C=O) groups is 2. The van der Waals surface area contributed by atoms with E-state index in [2.05, 4.69) is 45.9 Å². The summed E-state index contributed by atoms with van der Waals surface area (Å²) >= 11 is 0. The van der Waals surface area contributed by atoms with Crippen molar-refractivity contribution in [2.24, 2.45) is 0 Å². The Hall–Kier alpha value is -2.53. The predicted molar refractivity (Wildman–Crippen MR) is 222 cm³/mol. The number of quaternary nitrogens is 1. The van der Waals surface area contributed by atoms with Crippen LogP contribution in [0.15, 0.2) is 40.9 Å². The van der Waals surface area contributed by atoms with E-state index in [1.807, 2.05) is 33.3 Å². The van der Waals surface area contributed by atoms with Gasteiger partial charge in [-0.15, -0.1) is 0 Å². The van der Waals surface area contributed by atoms with Gasteiger partial charge in [0.25, 0.3) is 7.82 Å². The minimum atomic E-state index is -4.66. The third-order valence-corrected chi connectivity index (χ3v) is 10.4. The van der Waals surface area contributed by atoms with Gasteiger partial charge in [0.1, 0.15) is 31.3 Å². The van der Waals surface area contributed by atoms with Gasteiger partial charge in [-0.1, -0.05) is 102 Å². The first-order valence-electron chi connectivity index (χ1n) is 21.2.